The van der Waals surface area contributed by atoms with Crippen molar-refractivity contribution in [3.8, 4) is 0 Å². The molecule has 1 aliphatic rings. The molecule has 0 unspecified atom stereocenters. The van der Waals surface area contributed by atoms with Crippen molar-refractivity contribution in [3.63, 3.8) is 0 Å². The largest absolute Gasteiger partial charge is 0.461 e. The molecule has 12 nitrogen and oxygen atoms in total. The summed E-state index contributed by atoms with van der Waals surface area (Å²) < 4.78 is 24.6. The number of carbonyl (C=O) groups is 2. The zero-order valence-electron chi connectivity index (χ0n) is 17.7. The molecule has 7 atom stereocenters. The monoisotopic (exact) mass is 482 g/mol. The van der Waals surface area contributed by atoms with Gasteiger partial charge in [-0.3, -0.25) is 19.1 Å². The Morgan fingerprint density at radius 1 is 1.34 bits per heavy atom. The van der Waals surface area contributed by atoms with Gasteiger partial charge >= 0.3 is 11.7 Å². The first-order valence-corrected chi connectivity index (χ1v) is 9.73. The summed E-state index contributed by atoms with van der Waals surface area (Å²) in [5.74, 6) is -2.93. The number of H-pyrrole nitrogens is 1. The van der Waals surface area contributed by atoms with E-state index >= 15 is 0 Å². The summed E-state index contributed by atoms with van der Waals surface area (Å²) in [6, 6.07) is -1.84. The number of hydrogen-bond acceptors (Lipinski definition) is 9. The average Bonchev–Trinajstić information content (AvgIpc) is 3.00. The average molecular weight is 483 g/mol. The minimum atomic E-state index is -1.67. The molecule has 1 aromatic rings. The van der Waals surface area contributed by atoms with Crippen LogP contribution in [0, 0.1) is 11.7 Å². The lowest BCUT2D eigenvalue weighted by Crippen LogP contribution is -2.51. The molecule has 0 saturated carbocycles. The van der Waals surface area contributed by atoms with Gasteiger partial charge in [-0.1, -0.05) is 20.3 Å². The Labute approximate surface area is 188 Å². The van der Waals surface area contributed by atoms with E-state index in [9.17, 15) is 33.8 Å². The first-order chi connectivity index (χ1) is 14.5. The molecule has 1 amide bonds. The second-order valence-electron chi connectivity index (χ2n) is 7.48. The summed E-state index contributed by atoms with van der Waals surface area (Å²) in [5.41, 5.74) is 3.21. The lowest BCUT2D eigenvalue weighted by molar-refractivity contribution is -0.155. The van der Waals surface area contributed by atoms with Crippen molar-refractivity contribution in [1.29, 1.82) is 0 Å². The van der Waals surface area contributed by atoms with Gasteiger partial charge in [0.2, 0.25) is 11.7 Å². The SMILES string of the molecule is CC[C@H](C)[C@H](NC(=O)[C@H](C)N)C(=O)OC[C@H]1O[C@@H](n2cc(F)c(=O)[nH]c2=O)[C@H](O)[C@@H]1O.Cl. The Morgan fingerprint density at radius 3 is 2.53 bits per heavy atom. The highest BCUT2D eigenvalue weighted by molar-refractivity contribution is 5.87. The number of rotatable bonds is 8. The Kier molecular flexibility index (Phi) is 9.97. The van der Waals surface area contributed by atoms with E-state index in [-0.39, 0.29) is 18.3 Å². The van der Waals surface area contributed by atoms with Gasteiger partial charge in [0.15, 0.2) is 6.23 Å². The molecule has 14 heteroatoms. The molecule has 1 fully saturated rings. The zero-order valence-corrected chi connectivity index (χ0v) is 18.5. The van der Waals surface area contributed by atoms with E-state index < -0.39 is 72.2 Å². The normalized spacial score (nSPS) is 25.3. The minimum Gasteiger partial charge on any atom is -0.461 e. The highest BCUT2D eigenvalue weighted by atomic mass is 35.5. The molecule has 0 bridgehead atoms. The molecule has 6 N–H and O–H groups in total. The van der Waals surface area contributed by atoms with Gasteiger partial charge in [0.25, 0.3) is 5.56 Å². The summed E-state index contributed by atoms with van der Waals surface area (Å²) in [4.78, 5) is 49.2. The predicted octanol–water partition coefficient (Wildman–Crippen LogP) is -1.86. The van der Waals surface area contributed by atoms with Crippen LogP contribution in [0.3, 0.4) is 0 Å². The van der Waals surface area contributed by atoms with Crippen molar-refractivity contribution in [1.82, 2.24) is 14.9 Å². The van der Waals surface area contributed by atoms with Crippen molar-refractivity contribution in [3.05, 3.63) is 32.9 Å². The van der Waals surface area contributed by atoms with Gasteiger partial charge in [-0.15, -0.1) is 12.4 Å². The summed E-state index contributed by atoms with van der Waals surface area (Å²) in [6.45, 7) is 4.48. The minimum absolute atomic E-state index is 0. The van der Waals surface area contributed by atoms with E-state index in [0.29, 0.717) is 17.2 Å². The van der Waals surface area contributed by atoms with E-state index in [1.165, 1.54) is 6.92 Å². The van der Waals surface area contributed by atoms with Crippen LogP contribution in [-0.4, -0.2) is 68.6 Å². The molecular weight excluding hydrogens is 455 g/mol. The molecule has 2 rings (SSSR count). The van der Waals surface area contributed by atoms with Crippen LogP contribution in [0.1, 0.15) is 33.4 Å². The molecule has 0 radical (unpaired) electrons. The summed E-state index contributed by atoms with van der Waals surface area (Å²) in [7, 11) is 0. The molecule has 32 heavy (non-hydrogen) atoms. The molecule has 1 aliphatic heterocycles. The van der Waals surface area contributed by atoms with Gasteiger partial charge < -0.3 is 30.7 Å². The Hall–Kier alpha value is -2.32. The number of aliphatic hydroxyl groups excluding tert-OH is 2. The molecule has 0 aromatic carbocycles. The van der Waals surface area contributed by atoms with Crippen LogP contribution < -0.4 is 22.3 Å². The number of nitrogens with one attached hydrogen (secondary N) is 2. The van der Waals surface area contributed by atoms with Gasteiger partial charge in [-0.2, -0.15) is 4.39 Å². The maximum absolute atomic E-state index is 13.5. The number of carbonyl (C=O) groups excluding carboxylic acids is 2. The molecule has 1 aromatic heterocycles. The Morgan fingerprint density at radius 2 is 1.97 bits per heavy atom. The number of halogens is 2. The summed E-state index contributed by atoms with van der Waals surface area (Å²) >= 11 is 0. The van der Waals surface area contributed by atoms with Gasteiger partial charge in [0.1, 0.15) is 31.0 Å². The first kappa shape index (κ1) is 27.7. The fourth-order valence-electron chi connectivity index (χ4n) is 2.95. The van der Waals surface area contributed by atoms with E-state index in [2.05, 4.69) is 5.32 Å². The fourth-order valence-corrected chi connectivity index (χ4v) is 2.95. The lowest BCUT2D eigenvalue weighted by atomic mass is 9.99. The number of ether oxygens (including phenoxy) is 2. The third-order valence-corrected chi connectivity index (χ3v) is 5.10. The fraction of sp³-hybridized carbons (Fsp3) is 0.667. The van der Waals surface area contributed by atoms with Gasteiger partial charge in [-0.05, 0) is 12.8 Å². The number of nitrogens with two attached hydrogens (primary N) is 1. The topological polar surface area (TPSA) is 186 Å². The van der Waals surface area contributed by atoms with Crippen molar-refractivity contribution in [2.45, 2.75) is 63.8 Å². The lowest BCUT2D eigenvalue weighted by Gasteiger charge is -2.24. The third kappa shape index (κ3) is 6.13. The van der Waals surface area contributed by atoms with Crippen LogP contribution >= 0.6 is 12.4 Å². The van der Waals surface area contributed by atoms with E-state index in [1.54, 1.807) is 11.9 Å². The molecular formula is C18H28ClFN4O8. The highest BCUT2D eigenvalue weighted by Crippen LogP contribution is 2.28. The zero-order chi connectivity index (χ0) is 23.5. The van der Waals surface area contributed by atoms with Crippen molar-refractivity contribution in [2.24, 2.45) is 11.7 Å². The van der Waals surface area contributed by atoms with Crippen LogP contribution in [0.15, 0.2) is 15.8 Å². The second-order valence-corrected chi connectivity index (χ2v) is 7.48. The van der Waals surface area contributed by atoms with Crippen LogP contribution in [0.4, 0.5) is 4.39 Å². The van der Waals surface area contributed by atoms with Crippen molar-refractivity contribution in [2.75, 3.05) is 6.61 Å². The molecule has 2 heterocycles. The standard InChI is InChI=1S/C18H27FN4O8.ClH/c1-4-7(2)11(21-14(26)8(3)20)17(28)30-6-10-12(24)13(25)16(31-10)23-5-9(19)15(27)22-18(23)29;/h5,7-8,10-13,16,24-25H,4,6,20H2,1-3H3,(H,21,26)(H,22,27,29);1H/t7-,8-,10+,11-,12+,13+,16+;/m0./s1. The Balaban J connectivity index is 0.00000512. The van der Waals surface area contributed by atoms with Crippen molar-refractivity contribution < 1.29 is 33.7 Å². The number of aliphatic hydroxyl groups is 2. The van der Waals surface area contributed by atoms with Crippen LogP contribution in [-0.2, 0) is 19.1 Å². The molecule has 0 spiro atoms. The summed E-state index contributed by atoms with van der Waals surface area (Å²) in [5, 5.41) is 22.9. The predicted molar refractivity (Wildman–Crippen MR) is 110 cm³/mol. The van der Waals surface area contributed by atoms with Gasteiger partial charge in [0, 0.05) is 0 Å². The summed E-state index contributed by atoms with van der Waals surface area (Å²) in [6.07, 6.45) is -4.95. The highest BCUT2D eigenvalue weighted by Gasteiger charge is 2.45. The van der Waals surface area contributed by atoms with Crippen LogP contribution in [0.2, 0.25) is 0 Å². The molecule has 182 valence electrons. The van der Waals surface area contributed by atoms with Crippen LogP contribution in [0.25, 0.3) is 0 Å². The number of esters is 1. The quantitative estimate of drug-likeness (QED) is 0.265. The van der Waals surface area contributed by atoms with Gasteiger partial charge in [0.05, 0.1) is 12.2 Å². The second kappa shape index (κ2) is 11.5. The smallest absolute Gasteiger partial charge is 0.330 e. The first-order valence-electron chi connectivity index (χ1n) is 9.73. The third-order valence-electron chi connectivity index (χ3n) is 5.10. The Bertz CT molecular complexity index is 923. The van der Waals surface area contributed by atoms with E-state index in [1.807, 2.05) is 6.92 Å². The number of hydrogen-bond donors (Lipinski definition) is 5. The number of aromatic amines is 1. The van der Waals surface area contributed by atoms with E-state index in [0.717, 1.165) is 0 Å². The number of amides is 1. The van der Waals surface area contributed by atoms with Crippen LogP contribution in [0.5, 0.6) is 0 Å². The maximum atomic E-state index is 13.5. The van der Waals surface area contributed by atoms with E-state index in [4.69, 9.17) is 15.2 Å². The van der Waals surface area contributed by atoms with Crippen molar-refractivity contribution >= 4 is 24.3 Å². The number of nitrogens with zero attached hydrogens (tertiary/aromatic N) is 1. The molecule has 0 aliphatic carbocycles. The molecule has 1 saturated heterocycles. The maximum Gasteiger partial charge on any atom is 0.330 e. The number of aromatic nitrogens is 2. The van der Waals surface area contributed by atoms with Gasteiger partial charge in [-0.25, -0.2) is 9.59 Å².